The van der Waals surface area contributed by atoms with Crippen LogP contribution < -0.4 is 21.1 Å². The number of benzene rings is 2. The molecule has 2 amide bonds. The van der Waals surface area contributed by atoms with E-state index in [1.165, 1.54) is 11.8 Å². The van der Waals surface area contributed by atoms with Crippen LogP contribution in [0.4, 0.5) is 5.69 Å². The van der Waals surface area contributed by atoms with Gasteiger partial charge in [-0.25, -0.2) is 0 Å². The molecule has 0 bridgehead atoms. The Kier molecular flexibility index (Phi) is 7.35. The zero-order valence-corrected chi connectivity index (χ0v) is 15.6. The smallest absolute Gasteiger partial charge is 0.239 e. The quantitative estimate of drug-likeness (QED) is 0.588. The molecule has 2 rings (SSSR count). The highest BCUT2D eigenvalue weighted by Crippen LogP contribution is 2.27. The average Bonchev–Trinajstić information content (AvgIpc) is 2.65. The number of hydrogen-bond acceptors (Lipinski definition) is 5. The Balaban J connectivity index is 1.94. The number of nitrogens with one attached hydrogen (secondary N) is 2. The van der Waals surface area contributed by atoms with Gasteiger partial charge in [-0.1, -0.05) is 30.3 Å². The van der Waals surface area contributed by atoms with Crippen molar-refractivity contribution in [2.24, 2.45) is 5.73 Å². The zero-order chi connectivity index (χ0) is 18.9. The average molecular weight is 373 g/mol. The van der Waals surface area contributed by atoms with Crippen LogP contribution in [0.25, 0.3) is 0 Å². The number of primary amides is 1. The largest absolute Gasteiger partial charge is 0.496 e. The second kappa shape index (κ2) is 9.72. The minimum Gasteiger partial charge on any atom is -0.496 e. The summed E-state index contributed by atoms with van der Waals surface area (Å²) >= 11 is 1.34. The number of nitrogens with two attached hydrogens (primary N) is 1. The lowest BCUT2D eigenvalue weighted by atomic mass is 10.1. The van der Waals surface area contributed by atoms with Gasteiger partial charge in [0.15, 0.2) is 0 Å². The Bertz CT molecular complexity index is 767. The molecule has 0 radical (unpaired) electrons. The molecular formula is C19H23N3O3S. The summed E-state index contributed by atoms with van der Waals surface area (Å²) in [6.45, 7) is 2.03. The normalized spacial score (nSPS) is 11.5. The molecular weight excluding hydrogens is 350 g/mol. The summed E-state index contributed by atoms with van der Waals surface area (Å²) in [6, 6.07) is 14.9. The molecule has 0 aromatic heterocycles. The van der Waals surface area contributed by atoms with Gasteiger partial charge in [0.05, 0.1) is 25.4 Å². The molecule has 7 heteroatoms. The van der Waals surface area contributed by atoms with Crippen LogP contribution in [0.2, 0.25) is 0 Å². The summed E-state index contributed by atoms with van der Waals surface area (Å²) in [5.74, 6) is 0.406. The third-order valence-electron chi connectivity index (χ3n) is 3.68. The molecule has 2 aromatic carbocycles. The van der Waals surface area contributed by atoms with E-state index in [0.29, 0.717) is 0 Å². The van der Waals surface area contributed by atoms with E-state index in [1.807, 2.05) is 55.5 Å². The second-order valence-corrected chi connectivity index (χ2v) is 6.65. The van der Waals surface area contributed by atoms with Crippen LogP contribution in [-0.2, 0) is 9.59 Å². The summed E-state index contributed by atoms with van der Waals surface area (Å²) in [4.78, 5) is 24.1. The van der Waals surface area contributed by atoms with Gasteiger partial charge in [-0.2, -0.15) is 0 Å². The predicted molar refractivity (Wildman–Crippen MR) is 104 cm³/mol. The number of methoxy groups -OCH3 is 1. The minimum atomic E-state index is -0.381. The van der Waals surface area contributed by atoms with E-state index in [9.17, 15) is 9.59 Å². The molecule has 0 fully saturated rings. The number of carbonyl (C=O) groups is 2. The van der Waals surface area contributed by atoms with Gasteiger partial charge in [0.1, 0.15) is 5.75 Å². The molecule has 6 nitrogen and oxygen atoms in total. The van der Waals surface area contributed by atoms with E-state index in [-0.39, 0.29) is 30.2 Å². The van der Waals surface area contributed by atoms with Gasteiger partial charge in [-0.05, 0) is 25.1 Å². The van der Waals surface area contributed by atoms with Crippen molar-refractivity contribution in [2.75, 3.05) is 24.7 Å². The molecule has 1 atom stereocenters. The zero-order valence-electron chi connectivity index (χ0n) is 14.8. The molecule has 4 N–H and O–H groups in total. The lowest BCUT2D eigenvalue weighted by Crippen LogP contribution is -2.32. The monoisotopic (exact) mass is 373 g/mol. The van der Waals surface area contributed by atoms with Gasteiger partial charge in [-0.15, -0.1) is 11.8 Å². The fraction of sp³-hybridized carbons (Fsp3) is 0.263. The first kappa shape index (κ1) is 19.7. The van der Waals surface area contributed by atoms with Crippen molar-refractivity contribution in [2.45, 2.75) is 17.9 Å². The summed E-state index contributed by atoms with van der Waals surface area (Å²) in [7, 11) is 1.61. The van der Waals surface area contributed by atoms with Crippen LogP contribution in [0.3, 0.4) is 0 Å². The van der Waals surface area contributed by atoms with Crippen LogP contribution in [0.1, 0.15) is 18.5 Å². The number of hydrogen-bond donors (Lipinski definition) is 3. The molecule has 0 saturated carbocycles. The van der Waals surface area contributed by atoms with Crippen molar-refractivity contribution in [1.82, 2.24) is 5.32 Å². The van der Waals surface area contributed by atoms with Crippen LogP contribution in [0, 0.1) is 0 Å². The third-order valence-corrected chi connectivity index (χ3v) is 4.78. The van der Waals surface area contributed by atoms with Crippen LogP contribution >= 0.6 is 11.8 Å². The van der Waals surface area contributed by atoms with Crippen molar-refractivity contribution in [3.8, 4) is 5.75 Å². The molecule has 0 heterocycles. The van der Waals surface area contributed by atoms with E-state index in [0.717, 1.165) is 21.9 Å². The predicted octanol–water partition coefficient (Wildman–Crippen LogP) is 2.56. The third kappa shape index (κ3) is 5.70. The first-order valence-corrected chi connectivity index (χ1v) is 9.16. The molecule has 0 aliphatic carbocycles. The Morgan fingerprint density at radius 1 is 1.15 bits per heavy atom. The van der Waals surface area contributed by atoms with Crippen LogP contribution in [0.15, 0.2) is 53.4 Å². The highest BCUT2D eigenvalue weighted by molar-refractivity contribution is 8.00. The number of amides is 2. The van der Waals surface area contributed by atoms with E-state index in [2.05, 4.69) is 10.6 Å². The van der Waals surface area contributed by atoms with Crippen LogP contribution in [-0.4, -0.2) is 31.2 Å². The van der Waals surface area contributed by atoms with Crippen molar-refractivity contribution in [1.29, 1.82) is 0 Å². The van der Waals surface area contributed by atoms with Crippen molar-refractivity contribution >= 4 is 29.3 Å². The topological polar surface area (TPSA) is 93.4 Å². The molecule has 0 aliphatic heterocycles. The fourth-order valence-corrected chi connectivity index (χ4v) is 3.23. The van der Waals surface area contributed by atoms with Gasteiger partial charge in [-0.3, -0.25) is 9.59 Å². The molecule has 0 saturated heterocycles. The number of rotatable bonds is 9. The summed E-state index contributed by atoms with van der Waals surface area (Å²) in [5, 5.41) is 6.05. The lowest BCUT2D eigenvalue weighted by molar-refractivity contribution is -0.120. The molecule has 138 valence electrons. The van der Waals surface area contributed by atoms with Crippen molar-refractivity contribution in [3.05, 3.63) is 54.1 Å². The highest BCUT2D eigenvalue weighted by atomic mass is 32.2. The van der Waals surface area contributed by atoms with Gasteiger partial charge in [0, 0.05) is 16.1 Å². The van der Waals surface area contributed by atoms with E-state index in [1.54, 1.807) is 7.11 Å². The second-order valence-electron chi connectivity index (χ2n) is 5.64. The van der Waals surface area contributed by atoms with Gasteiger partial charge >= 0.3 is 0 Å². The van der Waals surface area contributed by atoms with Gasteiger partial charge in [0.25, 0.3) is 0 Å². The SMILES string of the molecule is COc1ccccc1C(C)NC(=O)CNc1ccccc1SCC(N)=O. The maximum Gasteiger partial charge on any atom is 0.239 e. The first-order chi connectivity index (χ1) is 12.5. The number of para-hydroxylation sites is 2. The van der Waals surface area contributed by atoms with Gasteiger partial charge in [0.2, 0.25) is 11.8 Å². The first-order valence-electron chi connectivity index (χ1n) is 8.17. The Morgan fingerprint density at radius 2 is 1.85 bits per heavy atom. The summed E-state index contributed by atoms with van der Waals surface area (Å²) < 4.78 is 5.33. The van der Waals surface area contributed by atoms with E-state index >= 15 is 0 Å². The molecule has 0 spiro atoms. The maximum atomic E-state index is 12.3. The van der Waals surface area contributed by atoms with Crippen molar-refractivity contribution < 1.29 is 14.3 Å². The molecule has 2 aromatic rings. The molecule has 26 heavy (non-hydrogen) atoms. The Labute approximate surface area is 157 Å². The minimum absolute atomic E-state index is 0.119. The number of ether oxygens (including phenoxy) is 1. The number of carbonyl (C=O) groups excluding carboxylic acids is 2. The number of thioether (sulfide) groups is 1. The van der Waals surface area contributed by atoms with Crippen LogP contribution in [0.5, 0.6) is 5.75 Å². The Morgan fingerprint density at radius 3 is 2.58 bits per heavy atom. The molecule has 1 unspecified atom stereocenters. The highest BCUT2D eigenvalue weighted by Gasteiger charge is 2.14. The lowest BCUT2D eigenvalue weighted by Gasteiger charge is -2.18. The van der Waals surface area contributed by atoms with Crippen molar-refractivity contribution in [3.63, 3.8) is 0 Å². The summed E-state index contributed by atoms with van der Waals surface area (Å²) in [5.41, 5.74) is 6.90. The summed E-state index contributed by atoms with van der Waals surface area (Å²) in [6.07, 6.45) is 0. The molecule has 0 aliphatic rings. The van der Waals surface area contributed by atoms with E-state index < -0.39 is 0 Å². The van der Waals surface area contributed by atoms with E-state index in [4.69, 9.17) is 10.5 Å². The van der Waals surface area contributed by atoms with Gasteiger partial charge < -0.3 is 21.1 Å². The maximum absolute atomic E-state index is 12.3. The standard InChI is InChI=1S/C19H23N3O3S/c1-13(14-7-3-5-9-16(14)25-2)22-19(24)11-21-15-8-4-6-10-17(15)26-12-18(20)23/h3-10,13,21H,11-12H2,1-2H3,(H2,20,23)(H,22,24). The number of anilines is 1. The fourth-order valence-electron chi connectivity index (χ4n) is 2.46. The Hall–Kier alpha value is -2.67.